The molecule has 1 amide bonds. The lowest BCUT2D eigenvalue weighted by atomic mass is 10.0. The third-order valence-corrected chi connectivity index (χ3v) is 3.87. The summed E-state index contributed by atoms with van der Waals surface area (Å²) in [6, 6.07) is 10.1. The SMILES string of the molecule is CN1CCN(C(=O)CCCC(=O)O)[C@@H](c2ccccc2)C1. The van der Waals surface area contributed by atoms with Crippen LogP contribution in [0.5, 0.6) is 0 Å². The van der Waals surface area contributed by atoms with Crippen LogP contribution < -0.4 is 0 Å². The Balaban J connectivity index is 2.04. The molecule has 0 saturated carbocycles. The number of piperazine rings is 1. The number of hydrogen-bond donors (Lipinski definition) is 1. The van der Waals surface area contributed by atoms with Gasteiger partial charge in [-0.2, -0.15) is 0 Å². The van der Waals surface area contributed by atoms with Crippen molar-refractivity contribution in [3.8, 4) is 0 Å². The normalized spacial score (nSPS) is 19.5. The highest BCUT2D eigenvalue weighted by atomic mass is 16.4. The van der Waals surface area contributed by atoms with Crippen LogP contribution >= 0.6 is 0 Å². The van der Waals surface area contributed by atoms with Crippen LogP contribution in [0.4, 0.5) is 0 Å². The second-order valence-corrected chi connectivity index (χ2v) is 5.52. The maximum Gasteiger partial charge on any atom is 0.303 e. The summed E-state index contributed by atoms with van der Waals surface area (Å²) in [6.45, 7) is 2.37. The van der Waals surface area contributed by atoms with Gasteiger partial charge in [0.2, 0.25) is 5.91 Å². The molecule has 0 bridgehead atoms. The second kappa shape index (κ2) is 7.22. The van der Waals surface area contributed by atoms with Gasteiger partial charge in [-0.3, -0.25) is 9.59 Å². The van der Waals surface area contributed by atoms with Gasteiger partial charge in [-0.25, -0.2) is 0 Å². The summed E-state index contributed by atoms with van der Waals surface area (Å²) in [5.41, 5.74) is 1.13. The first kappa shape index (κ1) is 15.5. The van der Waals surface area contributed by atoms with Gasteiger partial charge in [0.1, 0.15) is 0 Å². The molecule has 114 valence electrons. The first-order valence-electron chi connectivity index (χ1n) is 7.32. The van der Waals surface area contributed by atoms with E-state index in [0.717, 1.165) is 18.7 Å². The molecule has 0 aliphatic carbocycles. The number of rotatable bonds is 5. The van der Waals surface area contributed by atoms with Crippen LogP contribution in [0, 0.1) is 0 Å². The lowest BCUT2D eigenvalue weighted by Crippen LogP contribution is -2.49. The molecule has 1 aliphatic heterocycles. The Morgan fingerprint density at radius 2 is 1.90 bits per heavy atom. The van der Waals surface area contributed by atoms with E-state index in [1.54, 1.807) is 0 Å². The highest BCUT2D eigenvalue weighted by Crippen LogP contribution is 2.25. The first-order valence-corrected chi connectivity index (χ1v) is 7.32. The van der Waals surface area contributed by atoms with Crippen molar-refractivity contribution < 1.29 is 14.7 Å². The molecule has 1 N–H and O–H groups in total. The number of carbonyl (C=O) groups excluding carboxylic acids is 1. The molecule has 5 heteroatoms. The molecule has 1 aromatic carbocycles. The number of nitrogens with zero attached hydrogens (tertiary/aromatic N) is 2. The summed E-state index contributed by atoms with van der Waals surface area (Å²) in [5, 5.41) is 8.67. The van der Waals surface area contributed by atoms with Crippen LogP contribution in [-0.4, -0.2) is 53.5 Å². The van der Waals surface area contributed by atoms with Gasteiger partial charge in [-0.15, -0.1) is 0 Å². The minimum Gasteiger partial charge on any atom is -0.481 e. The predicted octanol–water partition coefficient (Wildman–Crippen LogP) is 1.76. The number of carbonyl (C=O) groups is 2. The van der Waals surface area contributed by atoms with Gasteiger partial charge in [0.25, 0.3) is 0 Å². The summed E-state index contributed by atoms with van der Waals surface area (Å²) >= 11 is 0. The number of aliphatic carboxylic acids is 1. The molecule has 0 spiro atoms. The molecular formula is C16H22N2O3. The third kappa shape index (κ3) is 4.29. The van der Waals surface area contributed by atoms with E-state index in [9.17, 15) is 9.59 Å². The zero-order valence-electron chi connectivity index (χ0n) is 12.4. The fraction of sp³-hybridized carbons (Fsp3) is 0.500. The quantitative estimate of drug-likeness (QED) is 0.897. The van der Waals surface area contributed by atoms with E-state index < -0.39 is 5.97 Å². The van der Waals surface area contributed by atoms with Gasteiger partial charge in [0, 0.05) is 32.5 Å². The Bertz CT molecular complexity index is 490. The molecule has 5 nitrogen and oxygen atoms in total. The number of benzene rings is 1. The van der Waals surface area contributed by atoms with E-state index in [0.29, 0.717) is 19.4 Å². The average molecular weight is 290 g/mol. The Morgan fingerprint density at radius 1 is 1.19 bits per heavy atom. The largest absolute Gasteiger partial charge is 0.481 e. The van der Waals surface area contributed by atoms with Crippen molar-refractivity contribution in [1.82, 2.24) is 9.80 Å². The summed E-state index contributed by atoms with van der Waals surface area (Å²) in [7, 11) is 2.06. The van der Waals surface area contributed by atoms with E-state index in [4.69, 9.17) is 5.11 Å². The molecule has 1 aromatic rings. The molecule has 0 unspecified atom stereocenters. The maximum atomic E-state index is 12.4. The van der Waals surface area contributed by atoms with Gasteiger partial charge in [0.15, 0.2) is 0 Å². The van der Waals surface area contributed by atoms with E-state index in [-0.39, 0.29) is 18.4 Å². The molecule has 1 atom stereocenters. The smallest absolute Gasteiger partial charge is 0.303 e. The molecule has 1 heterocycles. The topological polar surface area (TPSA) is 60.9 Å². The van der Waals surface area contributed by atoms with E-state index in [1.807, 2.05) is 35.2 Å². The molecular weight excluding hydrogens is 268 g/mol. The van der Waals surface area contributed by atoms with Crippen LogP contribution in [0.25, 0.3) is 0 Å². The van der Waals surface area contributed by atoms with Crippen LogP contribution in [0.15, 0.2) is 30.3 Å². The fourth-order valence-electron chi connectivity index (χ4n) is 2.71. The van der Waals surface area contributed by atoms with Crippen LogP contribution in [-0.2, 0) is 9.59 Å². The minimum atomic E-state index is -0.846. The van der Waals surface area contributed by atoms with E-state index in [2.05, 4.69) is 11.9 Å². The molecule has 0 radical (unpaired) electrons. The van der Waals surface area contributed by atoms with Crippen molar-refractivity contribution in [2.75, 3.05) is 26.7 Å². The summed E-state index contributed by atoms with van der Waals surface area (Å²) < 4.78 is 0. The molecule has 1 saturated heterocycles. The van der Waals surface area contributed by atoms with Crippen LogP contribution in [0.2, 0.25) is 0 Å². The van der Waals surface area contributed by atoms with E-state index >= 15 is 0 Å². The van der Waals surface area contributed by atoms with Crippen molar-refractivity contribution in [2.45, 2.75) is 25.3 Å². The van der Waals surface area contributed by atoms with Crippen molar-refractivity contribution in [3.63, 3.8) is 0 Å². The lowest BCUT2D eigenvalue weighted by Gasteiger charge is -2.40. The van der Waals surface area contributed by atoms with Crippen molar-refractivity contribution in [1.29, 1.82) is 0 Å². The van der Waals surface area contributed by atoms with Gasteiger partial charge >= 0.3 is 5.97 Å². The fourth-order valence-corrected chi connectivity index (χ4v) is 2.71. The Labute approximate surface area is 125 Å². The van der Waals surface area contributed by atoms with Gasteiger partial charge in [0.05, 0.1) is 6.04 Å². The molecule has 1 fully saturated rings. The maximum absolute atomic E-state index is 12.4. The Kier molecular flexibility index (Phi) is 5.33. The monoisotopic (exact) mass is 290 g/mol. The molecule has 2 rings (SSSR count). The van der Waals surface area contributed by atoms with Gasteiger partial charge < -0.3 is 14.9 Å². The van der Waals surface area contributed by atoms with Crippen molar-refractivity contribution >= 4 is 11.9 Å². The van der Waals surface area contributed by atoms with Crippen molar-refractivity contribution in [2.24, 2.45) is 0 Å². The van der Waals surface area contributed by atoms with Crippen LogP contribution in [0.1, 0.15) is 30.9 Å². The molecule has 21 heavy (non-hydrogen) atoms. The van der Waals surface area contributed by atoms with E-state index in [1.165, 1.54) is 0 Å². The van der Waals surface area contributed by atoms with Crippen molar-refractivity contribution in [3.05, 3.63) is 35.9 Å². The number of carboxylic acids is 1. The number of carboxylic acid groups (broad SMARTS) is 1. The summed E-state index contributed by atoms with van der Waals surface area (Å²) in [4.78, 5) is 27.1. The third-order valence-electron chi connectivity index (χ3n) is 3.87. The predicted molar refractivity (Wildman–Crippen MR) is 79.9 cm³/mol. The number of likely N-dealkylation sites (N-methyl/N-ethyl adjacent to an activating group) is 1. The number of hydrogen-bond acceptors (Lipinski definition) is 3. The Morgan fingerprint density at radius 3 is 2.57 bits per heavy atom. The Hall–Kier alpha value is -1.88. The van der Waals surface area contributed by atoms with Gasteiger partial charge in [-0.05, 0) is 19.0 Å². The number of amides is 1. The highest BCUT2D eigenvalue weighted by Gasteiger charge is 2.29. The van der Waals surface area contributed by atoms with Gasteiger partial charge in [-0.1, -0.05) is 30.3 Å². The lowest BCUT2D eigenvalue weighted by molar-refractivity contribution is -0.138. The summed E-state index contributed by atoms with van der Waals surface area (Å²) in [6.07, 6.45) is 0.761. The second-order valence-electron chi connectivity index (χ2n) is 5.52. The highest BCUT2D eigenvalue weighted by molar-refractivity contribution is 5.77. The first-order chi connectivity index (χ1) is 10.1. The molecule has 1 aliphatic rings. The standard InChI is InChI=1S/C16H22N2O3/c1-17-10-11-18(15(19)8-5-9-16(20)21)14(12-17)13-6-3-2-4-7-13/h2-4,6-7,14H,5,8-12H2,1H3,(H,20,21)/t14-/m1/s1. The zero-order chi connectivity index (χ0) is 15.2. The average Bonchev–Trinajstić information content (AvgIpc) is 2.47. The summed E-state index contributed by atoms with van der Waals surface area (Å²) in [5.74, 6) is -0.793. The zero-order valence-corrected chi connectivity index (χ0v) is 12.4. The van der Waals surface area contributed by atoms with Crippen LogP contribution in [0.3, 0.4) is 0 Å². The molecule has 0 aromatic heterocycles. The minimum absolute atomic E-state index is 0.0511.